The van der Waals surface area contributed by atoms with Crippen molar-refractivity contribution in [3.8, 4) is 0 Å². The van der Waals surface area contributed by atoms with Crippen molar-refractivity contribution in [2.75, 3.05) is 0 Å². The van der Waals surface area contributed by atoms with Gasteiger partial charge in [0.05, 0.1) is 0 Å². The molecule has 1 N–H and O–H groups in total. The van der Waals surface area contributed by atoms with Crippen LogP contribution in [-0.4, -0.2) is 34.1 Å². The molecule has 0 unspecified atom stereocenters. The summed E-state index contributed by atoms with van der Waals surface area (Å²) >= 11 is 0. The van der Waals surface area contributed by atoms with Crippen LogP contribution in [0, 0.1) is 0 Å². The Morgan fingerprint density at radius 3 is 1.61 bits per heavy atom. The highest BCUT2D eigenvalue weighted by Gasteiger charge is 1.92. The lowest BCUT2D eigenvalue weighted by Gasteiger charge is -1.90. The molecule has 0 spiro atoms. The van der Waals surface area contributed by atoms with Gasteiger partial charge in [0.1, 0.15) is 0 Å². The Labute approximate surface area is 158 Å². The molecule has 0 aliphatic rings. The molecule has 128 valence electrons. The fourth-order valence-electron chi connectivity index (χ4n) is 1.93. The molecule has 0 amide bonds. The van der Waals surface area contributed by atoms with Gasteiger partial charge in [-0.1, -0.05) is 68.4 Å². The van der Waals surface area contributed by atoms with E-state index in [1.807, 2.05) is 0 Å². The van der Waals surface area contributed by atoms with Crippen molar-refractivity contribution in [1.82, 2.24) is 0 Å². The highest BCUT2D eigenvalue weighted by atomic mass is 24.3. The predicted molar refractivity (Wildman–Crippen MR) is 105 cm³/mol. The van der Waals surface area contributed by atoms with Gasteiger partial charge in [0, 0.05) is 6.42 Å². The first-order valence-corrected chi connectivity index (χ1v) is 8.59. The molecule has 0 aromatic heterocycles. The summed E-state index contributed by atoms with van der Waals surface area (Å²) in [7, 11) is 0. The van der Waals surface area contributed by atoms with Crippen molar-refractivity contribution in [3.05, 3.63) is 48.6 Å². The first-order chi connectivity index (χ1) is 10.8. The maximum atomic E-state index is 10.3. The maximum Gasteiger partial charge on any atom is 0.316 e. The number of carboxylic acid groups (broad SMARTS) is 1. The number of rotatable bonds is 14. The van der Waals surface area contributed by atoms with Gasteiger partial charge in [-0.25, -0.2) is 0 Å². The second-order valence-corrected chi connectivity index (χ2v) is 5.37. The van der Waals surface area contributed by atoms with Crippen LogP contribution in [0.1, 0.15) is 71.1 Å². The largest absolute Gasteiger partial charge is 0.481 e. The van der Waals surface area contributed by atoms with E-state index in [1.165, 1.54) is 25.7 Å². The molecule has 0 saturated heterocycles. The van der Waals surface area contributed by atoms with Gasteiger partial charge in [-0.3, -0.25) is 4.79 Å². The van der Waals surface area contributed by atoms with Gasteiger partial charge in [0.25, 0.3) is 0 Å². The van der Waals surface area contributed by atoms with E-state index in [4.69, 9.17) is 5.11 Å². The third-order valence-electron chi connectivity index (χ3n) is 3.22. The van der Waals surface area contributed by atoms with E-state index in [1.54, 1.807) is 0 Å². The molecule has 0 radical (unpaired) electrons. The summed E-state index contributed by atoms with van der Waals surface area (Å²) in [4.78, 5) is 10.3. The van der Waals surface area contributed by atoms with E-state index >= 15 is 0 Å². The van der Waals surface area contributed by atoms with E-state index in [0.29, 0.717) is 0 Å². The number of aliphatic carboxylic acids is 1. The molecule has 0 rings (SSSR count). The third kappa shape index (κ3) is 23.6. The molecule has 0 aliphatic carbocycles. The SMILES string of the molecule is CCCCCC=CCC=CCC=CCC=CCCCC(=O)O.[MgH2]. The number of hydrogen-bond donors (Lipinski definition) is 1. The summed E-state index contributed by atoms with van der Waals surface area (Å²) in [5.41, 5.74) is 0. The van der Waals surface area contributed by atoms with Crippen LogP contribution < -0.4 is 0 Å². The van der Waals surface area contributed by atoms with E-state index in [2.05, 4.69) is 55.5 Å². The zero-order chi connectivity index (χ0) is 16.3. The van der Waals surface area contributed by atoms with Crippen molar-refractivity contribution in [2.45, 2.75) is 71.1 Å². The second kappa shape index (κ2) is 21.2. The van der Waals surface area contributed by atoms with E-state index in [-0.39, 0.29) is 29.5 Å². The Bertz CT molecular complexity index is 368. The van der Waals surface area contributed by atoms with Crippen LogP contribution >= 0.6 is 0 Å². The van der Waals surface area contributed by atoms with Crippen LogP contribution in [0.4, 0.5) is 0 Å². The van der Waals surface area contributed by atoms with E-state index in [0.717, 1.165) is 32.1 Å². The smallest absolute Gasteiger partial charge is 0.316 e. The maximum absolute atomic E-state index is 10.3. The summed E-state index contributed by atoms with van der Waals surface area (Å²) in [5, 5.41) is 8.49. The fourth-order valence-corrected chi connectivity index (χ4v) is 1.93. The zero-order valence-electron chi connectivity index (χ0n) is 14.0. The zero-order valence-corrected chi connectivity index (χ0v) is 14.0. The summed E-state index contributed by atoms with van der Waals surface area (Å²) in [6, 6.07) is 0. The number of carboxylic acids is 1. The van der Waals surface area contributed by atoms with Gasteiger partial charge < -0.3 is 5.11 Å². The topological polar surface area (TPSA) is 37.3 Å². The van der Waals surface area contributed by atoms with E-state index in [9.17, 15) is 4.79 Å². The average molecular weight is 331 g/mol. The van der Waals surface area contributed by atoms with Crippen LogP contribution in [0.15, 0.2) is 48.6 Å². The quantitative estimate of drug-likeness (QED) is 0.266. The minimum atomic E-state index is -0.712. The molecule has 0 bridgehead atoms. The summed E-state index contributed by atoms with van der Waals surface area (Å²) in [6.07, 6.45) is 27.3. The lowest BCUT2D eigenvalue weighted by atomic mass is 10.2. The number of allylic oxidation sites excluding steroid dienone is 8. The second-order valence-electron chi connectivity index (χ2n) is 5.37. The molecule has 0 atom stereocenters. The van der Waals surface area contributed by atoms with Crippen LogP contribution in [0.25, 0.3) is 0 Å². The molecular formula is C20H34MgO2. The van der Waals surface area contributed by atoms with Crippen molar-refractivity contribution in [3.63, 3.8) is 0 Å². The predicted octanol–water partition coefficient (Wildman–Crippen LogP) is 5.30. The molecule has 0 aromatic rings. The normalized spacial score (nSPS) is 11.9. The van der Waals surface area contributed by atoms with Crippen LogP contribution in [0.2, 0.25) is 0 Å². The molecular weight excluding hydrogens is 297 g/mol. The summed E-state index contributed by atoms with van der Waals surface area (Å²) in [6.45, 7) is 2.23. The van der Waals surface area contributed by atoms with Crippen molar-refractivity contribution >= 4 is 29.0 Å². The van der Waals surface area contributed by atoms with Crippen molar-refractivity contribution in [1.29, 1.82) is 0 Å². The molecule has 0 fully saturated rings. The van der Waals surface area contributed by atoms with Crippen LogP contribution in [0.3, 0.4) is 0 Å². The van der Waals surface area contributed by atoms with Crippen molar-refractivity contribution in [2.24, 2.45) is 0 Å². The summed E-state index contributed by atoms with van der Waals surface area (Å²) in [5.74, 6) is -0.712. The monoisotopic (exact) mass is 330 g/mol. The lowest BCUT2D eigenvalue weighted by Crippen LogP contribution is -1.92. The molecule has 0 saturated carbocycles. The highest BCUT2D eigenvalue weighted by Crippen LogP contribution is 2.01. The Morgan fingerprint density at radius 2 is 1.17 bits per heavy atom. The molecule has 3 heteroatoms. The van der Waals surface area contributed by atoms with Gasteiger partial charge >= 0.3 is 29.0 Å². The van der Waals surface area contributed by atoms with Crippen LogP contribution in [-0.2, 0) is 4.79 Å². The lowest BCUT2D eigenvalue weighted by molar-refractivity contribution is -0.137. The molecule has 0 heterocycles. The van der Waals surface area contributed by atoms with Gasteiger partial charge in [0.2, 0.25) is 0 Å². The standard InChI is InChI=1S/C20H32O2.Mg.2H/c1-2-3-4-5-6-7-8-9-10-11-12-13-14-15-16-17-18-19-20(21)22;;;/h6-7,9-10,12-13,15-16H,2-5,8,11,14,17-19H2,1H3,(H,21,22);;;. The van der Waals surface area contributed by atoms with Gasteiger partial charge in [-0.05, 0) is 44.9 Å². The van der Waals surface area contributed by atoms with Gasteiger partial charge in [-0.15, -0.1) is 0 Å². The minimum Gasteiger partial charge on any atom is -0.481 e. The molecule has 2 nitrogen and oxygen atoms in total. The fraction of sp³-hybridized carbons (Fsp3) is 0.550. The Kier molecular flexibility index (Phi) is 22.5. The average Bonchev–Trinajstić information content (AvgIpc) is 2.50. The number of unbranched alkanes of at least 4 members (excludes halogenated alkanes) is 4. The molecule has 0 aromatic carbocycles. The third-order valence-corrected chi connectivity index (χ3v) is 3.22. The Morgan fingerprint density at radius 1 is 0.739 bits per heavy atom. The first kappa shape index (κ1) is 24.4. The van der Waals surface area contributed by atoms with Gasteiger partial charge in [-0.2, -0.15) is 0 Å². The van der Waals surface area contributed by atoms with E-state index < -0.39 is 5.97 Å². The molecule has 0 aliphatic heterocycles. The minimum absolute atomic E-state index is 0. The summed E-state index contributed by atoms with van der Waals surface area (Å²) < 4.78 is 0. The first-order valence-electron chi connectivity index (χ1n) is 8.59. The molecule has 23 heavy (non-hydrogen) atoms. The Balaban J connectivity index is 0. The number of hydrogen-bond acceptors (Lipinski definition) is 1. The van der Waals surface area contributed by atoms with Crippen molar-refractivity contribution < 1.29 is 9.90 Å². The van der Waals surface area contributed by atoms with Gasteiger partial charge in [0.15, 0.2) is 0 Å². The highest BCUT2D eigenvalue weighted by molar-refractivity contribution is 5.75. The Hall–Kier alpha value is -0.804. The number of carbonyl (C=O) groups is 1. The van der Waals surface area contributed by atoms with Crippen LogP contribution in [0.5, 0.6) is 0 Å².